The van der Waals surface area contributed by atoms with Crippen LogP contribution in [0.4, 0.5) is 5.69 Å². The number of rotatable bonds is 3. The molecule has 0 aliphatic heterocycles. The molecular formula is C13H11BrN2O3. The summed E-state index contributed by atoms with van der Waals surface area (Å²) in [4.78, 5) is 25.5. The number of carbonyl (C=O) groups is 1. The number of amides is 1. The summed E-state index contributed by atoms with van der Waals surface area (Å²) in [5.41, 5.74) is 0.463. The third-order valence-corrected chi connectivity index (χ3v) is 3.08. The molecule has 0 saturated carbocycles. The lowest BCUT2D eigenvalue weighted by atomic mass is 10.2. The van der Waals surface area contributed by atoms with E-state index in [-0.39, 0.29) is 17.2 Å². The van der Waals surface area contributed by atoms with Crippen molar-refractivity contribution in [2.45, 2.75) is 0 Å². The van der Waals surface area contributed by atoms with Crippen molar-refractivity contribution in [3.05, 3.63) is 56.9 Å². The molecule has 1 amide bonds. The summed E-state index contributed by atoms with van der Waals surface area (Å²) in [6.07, 6.45) is 0. The lowest BCUT2D eigenvalue weighted by Crippen LogP contribution is -2.17. The van der Waals surface area contributed by atoms with Gasteiger partial charge in [-0.1, -0.05) is 6.07 Å². The van der Waals surface area contributed by atoms with Crippen molar-refractivity contribution in [2.24, 2.45) is 0 Å². The van der Waals surface area contributed by atoms with Gasteiger partial charge < -0.3 is 15.0 Å². The maximum absolute atomic E-state index is 11.9. The molecule has 1 aromatic carbocycles. The van der Waals surface area contributed by atoms with Crippen molar-refractivity contribution < 1.29 is 9.53 Å². The zero-order valence-electron chi connectivity index (χ0n) is 10.1. The molecule has 5 nitrogen and oxygen atoms in total. The SMILES string of the molecule is COc1cc(NC(=O)c2cccc(=O)[nH]2)ccc1Br. The number of nitrogens with one attached hydrogen (secondary N) is 2. The fourth-order valence-corrected chi connectivity index (χ4v) is 1.92. The predicted molar refractivity (Wildman–Crippen MR) is 75.7 cm³/mol. The van der Waals surface area contributed by atoms with E-state index >= 15 is 0 Å². The maximum atomic E-state index is 11.9. The molecule has 2 aromatic rings. The van der Waals surface area contributed by atoms with Crippen LogP contribution in [0.15, 0.2) is 45.7 Å². The molecule has 0 unspecified atom stereocenters. The summed E-state index contributed by atoms with van der Waals surface area (Å²) >= 11 is 3.33. The first-order valence-electron chi connectivity index (χ1n) is 5.44. The van der Waals surface area contributed by atoms with Crippen LogP contribution >= 0.6 is 15.9 Å². The van der Waals surface area contributed by atoms with E-state index < -0.39 is 0 Å². The number of hydrogen-bond donors (Lipinski definition) is 2. The molecule has 0 saturated heterocycles. The zero-order chi connectivity index (χ0) is 13.8. The minimum absolute atomic E-state index is 0.203. The number of aromatic nitrogens is 1. The summed E-state index contributed by atoms with van der Waals surface area (Å²) in [5, 5.41) is 2.68. The average molecular weight is 323 g/mol. The van der Waals surface area contributed by atoms with E-state index in [1.54, 1.807) is 25.3 Å². The van der Waals surface area contributed by atoms with E-state index in [1.807, 2.05) is 0 Å². The fourth-order valence-electron chi connectivity index (χ4n) is 1.52. The van der Waals surface area contributed by atoms with Gasteiger partial charge in [0.25, 0.3) is 5.91 Å². The Morgan fingerprint density at radius 2 is 2.11 bits per heavy atom. The normalized spacial score (nSPS) is 10.0. The molecule has 0 bridgehead atoms. The van der Waals surface area contributed by atoms with Gasteiger partial charge >= 0.3 is 0 Å². The van der Waals surface area contributed by atoms with E-state index in [1.165, 1.54) is 18.2 Å². The number of hydrogen-bond acceptors (Lipinski definition) is 3. The van der Waals surface area contributed by atoms with Gasteiger partial charge in [0, 0.05) is 17.8 Å². The van der Waals surface area contributed by atoms with Gasteiger partial charge in [-0.3, -0.25) is 9.59 Å². The largest absolute Gasteiger partial charge is 0.495 e. The number of methoxy groups -OCH3 is 1. The highest BCUT2D eigenvalue weighted by molar-refractivity contribution is 9.10. The number of pyridine rings is 1. The van der Waals surface area contributed by atoms with Crippen LogP contribution in [0.2, 0.25) is 0 Å². The average Bonchev–Trinajstić information content (AvgIpc) is 2.41. The second kappa shape index (κ2) is 5.71. The highest BCUT2D eigenvalue weighted by atomic mass is 79.9. The summed E-state index contributed by atoms with van der Waals surface area (Å²) in [7, 11) is 1.54. The molecule has 0 aliphatic carbocycles. The molecule has 19 heavy (non-hydrogen) atoms. The third kappa shape index (κ3) is 3.23. The van der Waals surface area contributed by atoms with E-state index in [4.69, 9.17) is 4.74 Å². The fraction of sp³-hybridized carbons (Fsp3) is 0.0769. The van der Waals surface area contributed by atoms with E-state index in [0.717, 1.165) is 4.47 Å². The van der Waals surface area contributed by atoms with Crippen molar-refractivity contribution in [3.63, 3.8) is 0 Å². The predicted octanol–water partition coefficient (Wildman–Crippen LogP) is 2.40. The molecule has 1 heterocycles. The number of halogens is 1. The van der Waals surface area contributed by atoms with Crippen LogP contribution in [0.5, 0.6) is 5.75 Å². The Labute approximate surface area is 117 Å². The van der Waals surface area contributed by atoms with Gasteiger partial charge in [0.2, 0.25) is 5.56 Å². The van der Waals surface area contributed by atoms with Crippen molar-refractivity contribution in [2.75, 3.05) is 12.4 Å². The molecule has 0 atom stereocenters. The smallest absolute Gasteiger partial charge is 0.272 e. The van der Waals surface area contributed by atoms with Crippen LogP contribution in [0.3, 0.4) is 0 Å². The molecule has 1 aromatic heterocycles. The molecule has 6 heteroatoms. The lowest BCUT2D eigenvalue weighted by molar-refractivity contribution is 0.102. The van der Waals surface area contributed by atoms with E-state index in [9.17, 15) is 9.59 Å². The second-order valence-electron chi connectivity index (χ2n) is 3.73. The van der Waals surface area contributed by atoms with Gasteiger partial charge in [-0.15, -0.1) is 0 Å². The van der Waals surface area contributed by atoms with E-state index in [2.05, 4.69) is 26.2 Å². The minimum Gasteiger partial charge on any atom is -0.495 e. The summed E-state index contributed by atoms with van der Waals surface area (Å²) < 4.78 is 5.93. The number of carbonyl (C=O) groups excluding carboxylic acids is 1. The highest BCUT2D eigenvalue weighted by Crippen LogP contribution is 2.27. The van der Waals surface area contributed by atoms with Crippen molar-refractivity contribution >= 4 is 27.5 Å². The Kier molecular flexibility index (Phi) is 4.01. The molecule has 2 rings (SSSR count). The second-order valence-corrected chi connectivity index (χ2v) is 4.59. The van der Waals surface area contributed by atoms with Crippen LogP contribution in [-0.2, 0) is 0 Å². The maximum Gasteiger partial charge on any atom is 0.272 e. The quantitative estimate of drug-likeness (QED) is 0.911. The van der Waals surface area contributed by atoms with Crippen molar-refractivity contribution in [1.29, 1.82) is 0 Å². The van der Waals surface area contributed by atoms with Crippen LogP contribution in [0.25, 0.3) is 0 Å². The van der Waals surface area contributed by atoms with Gasteiger partial charge in [-0.05, 0) is 34.1 Å². The van der Waals surface area contributed by atoms with Gasteiger partial charge in [-0.25, -0.2) is 0 Å². The van der Waals surface area contributed by atoms with Gasteiger partial charge in [-0.2, -0.15) is 0 Å². The number of H-pyrrole nitrogens is 1. The van der Waals surface area contributed by atoms with Gasteiger partial charge in [0.15, 0.2) is 0 Å². The van der Waals surface area contributed by atoms with Crippen molar-refractivity contribution in [1.82, 2.24) is 4.98 Å². The Hall–Kier alpha value is -2.08. The topological polar surface area (TPSA) is 71.2 Å². The molecule has 2 N–H and O–H groups in total. The van der Waals surface area contributed by atoms with Gasteiger partial charge in [0.05, 0.1) is 11.6 Å². The van der Waals surface area contributed by atoms with Crippen molar-refractivity contribution in [3.8, 4) is 5.75 Å². The zero-order valence-corrected chi connectivity index (χ0v) is 11.7. The number of aromatic amines is 1. The summed E-state index contributed by atoms with van der Waals surface area (Å²) in [5.74, 6) is 0.224. The number of ether oxygens (including phenoxy) is 1. The summed E-state index contributed by atoms with van der Waals surface area (Å²) in [6.45, 7) is 0. The Morgan fingerprint density at radius 3 is 2.79 bits per heavy atom. The minimum atomic E-state index is -0.387. The van der Waals surface area contributed by atoms with Crippen LogP contribution in [0, 0.1) is 0 Å². The molecule has 0 fully saturated rings. The number of benzene rings is 1. The summed E-state index contributed by atoms with van der Waals surface area (Å²) in [6, 6.07) is 9.58. The lowest BCUT2D eigenvalue weighted by Gasteiger charge is -2.08. The molecular weight excluding hydrogens is 312 g/mol. The monoisotopic (exact) mass is 322 g/mol. The molecule has 0 aliphatic rings. The highest BCUT2D eigenvalue weighted by Gasteiger charge is 2.08. The Balaban J connectivity index is 2.21. The third-order valence-electron chi connectivity index (χ3n) is 2.42. The molecule has 0 radical (unpaired) electrons. The standard InChI is InChI=1S/C13H11BrN2O3/c1-19-11-7-8(5-6-9(11)14)15-13(18)10-3-2-4-12(17)16-10/h2-7H,1H3,(H,15,18)(H,16,17). The van der Waals surface area contributed by atoms with Crippen LogP contribution in [-0.4, -0.2) is 18.0 Å². The first-order valence-corrected chi connectivity index (χ1v) is 6.23. The van der Waals surface area contributed by atoms with Gasteiger partial charge in [0.1, 0.15) is 11.4 Å². The number of anilines is 1. The Morgan fingerprint density at radius 1 is 1.32 bits per heavy atom. The molecule has 98 valence electrons. The van der Waals surface area contributed by atoms with E-state index in [0.29, 0.717) is 11.4 Å². The van der Waals surface area contributed by atoms with Crippen LogP contribution in [0.1, 0.15) is 10.5 Å². The van der Waals surface area contributed by atoms with Crippen LogP contribution < -0.4 is 15.6 Å². The first-order chi connectivity index (χ1) is 9.10. The molecule has 0 spiro atoms. The Bertz CT molecular complexity index is 667. The first kappa shape index (κ1) is 13.4.